The Labute approximate surface area is 101 Å². The van der Waals surface area contributed by atoms with Crippen LogP contribution in [0.2, 0.25) is 5.02 Å². The summed E-state index contributed by atoms with van der Waals surface area (Å²) in [5, 5.41) is 10.6. The fraction of sp³-hybridized carbons (Fsp3) is 0.333. The zero-order valence-electron chi connectivity index (χ0n) is 8.69. The van der Waals surface area contributed by atoms with E-state index in [-0.39, 0.29) is 16.4 Å². The Morgan fingerprint density at radius 1 is 1.62 bits per heavy atom. The molecule has 16 heavy (non-hydrogen) atoms. The summed E-state index contributed by atoms with van der Waals surface area (Å²) in [5.41, 5.74) is 0.594. The molecule has 5 nitrogen and oxygen atoms in total. The van der Waals surface area contributed by atoms with Gasteiger partial charge < -0.3 is 14.7 Å². The first-order valence-corrected chi connectivity index (χ1v) is 5.51. The second-order valence-corrected chi connectivity index (χ2v) is 4.29. The van der Waals surface area contributed by atoms with Gasteiger partial charge in [-0.15, -0.1) is 11.3 Å². The van der Waals surface area contributed by atoms with Crippen molar-refractivity contribution in [2.45, 2.75) is 6.54 Å². The molecule has 0 saturated carbocycles. The zero-order chi connectivity index (χ0) is 12.3. The number of amides is 1. The highest BCUT2D eigenvalue weighted by Crippen LogP contribution is 2.29. The van der Waals surface area contributed by atoms with Crippen LogP contribution in [0.25, 0.3) is 0 Å². The Hall–Kier alpha value is -1.27. The molecule has 1 N–H and O–H groups in total. The summed E-state index contributed by atoms with van der Waals surface area (Å²) < 4.78 is 4.54. The summed E-state index contributed by atoms with van der Waals surface area (Å²) in [4.78, 5) is 23.2. The molecule has 0 spiro atoms. The highest BCUT2D eigenvalue weighted by Gasteiger charge is 2.18. The number of halogens is 1. The first-order valence-electron chi connectivity index (χ1n) is 4.25. The molecule has 0 radical (unpaired) electrons. The molecule has 0 bridgehead atoms. The molecule has 1 aromatic rings. The molecule has 0 aliphatic rings. The second kappa shape index (κ2) is 5.18. The normalized spacial score (nSPS) is 9.94. The Bertz CT molecular complexity index is 418. The minimum atomic E-state index is -1.05. The third kappa shape index (κ3) is 2.65. The predicted molar refractivity (Wildman–Crippen MR) is 60.2 cm³/mol. The van der Waals surface area contributed by atoms with E-state index in [2.05, 4.69) is 4.74 Å². The lowest BCUT2D eigenvalue weighted by Gasteiger charge is -2.11. The summed E-state index contributed by atoms with van der Waals surface area (Å²) in [7, 11) is 2.69. The molecule has 1 heterocycles. The van der Waals surface area contributed by atoms with E-state index in [1.807, 2.05) is 0 Å². The topological polar surface area (TPSA) is 66.8 Å². The van der Waals surface area contributed by atoms with Crippen molar-refractivity contribution in [3.63, 3.8) is 0 Å². The number of carbonyl (C=O) groups is 2. The molecule has 0 atom stereocenters. The van der Waals surface area contributed by atoms with Crippen molar-refractivity contribution in [1.29, 1.82) is 0 Å². The zero-order valence-corrected chi connectivity index (χ0v) is 10.3. The van der Waals surface area contributed by atoms with Gasteiger partial charge in [-0.3, -0.25) is 0 Å². The van der Waals surface area contributed by atoms with Crippen molar-refractivity contribution in [2.75, 3.05) is 14.2 Å². The maximum absolute atomic E-state index is 11.2. The third-order valence-corrected chi connectivity index (χ3v) is 3.46. The average Bonchev–Trinajstić information content (AvgIpc) is 2.59. The summed E-state index contributed by atoms with van der Waals surface area (Å²) in [6.45, 7) is 0.141. The van der Waals surface area contributed by atoms with E-state index in [1.165, 1.54) is 14.2 Å². The fourth-order valence-electron chi connectivity index (χ4n) is 1.04. The summed E-state index contributed by atoms with van der Waals surface area (Å²) in [5.74, 6) is -0.515. The van der Waals surface area contributed by atoms with E-state index < -0.39 is 12.1 Å². The Balaban J connectivity index is 2.88. The monoisotopic (exact) mass is 263 g/mol. The SMILES string of the molecule is COC(=O)c1scc(CN(C)C(=O)O)c1Cl. The van der Waals surface area contributed by atoms with Gasteiger partial charge in [-0.2, -0.15) is 0 Å². The number of carbonyl (C=O) groups excluding carboxylic acids is 1. The van der Waals surface area contributed by atoms with Gasteiger partial charge in [-0.1, -0.05) is 11.6 Å². The van der Waals surface area contributed by atoms with Crippen LogP contribution < -0.4 is 0 Å². The molecule has 0 unspecified atom stereocenters. The van der Waals surface area contributed by atoms with Crippen molar-refractivity contribution >= 4 is 35.0 Å². The van der Waals surface area contributed by atoms with Crippen LogP contribution in [0.3, 0.4) is 0 Å². The Kier molecular flexibility index (Phi) is 4.14. The van der Waals surface area contributed by atoms with Crippen LogP contribution in [0, 0.1) is 0 Å². The number of methoxy groups -OCH3 is 1. The maximum Gasteiger partial charge on any atom is 0.407 e. The van der Waals surface area contributed by atoms with Crippen LogP contribution in [-0.2, 0) is 11.3 Å². The molecule has 0 aliphatic carbocycles. The van der Waals surface area contributed by atoms with E-state index >= 15 is 0 Å². The number of ether oxygens (including phenoxy) is 1. The first-order chi connectivity index (χ1) is 7.47. The van der Waals surface area contributed by atoms with Crippen molar-refractivity contribution in [1.82, 2.24) is 4.90 Å². The number of thiophene rings is 1. The lowest BCUT2D eigenvalue weighted by Crippen LogP contribution is -2.23. The third-order valence-electron chi connectivity index (χ3n) is 1.91. The van der Waals surface area contributed by atoms with Crippen molar-refractivity contribution in [3.05, 3.63) is 20.8 Å². The summed E-state index contributed by atoms with van der Waals surface area (Å²) in [6.07, 6.45) is -1.05. The molecule has 88 valence electrons. The van der Waals surface area contributed by atoms with Crippen LogP contribution in [0.1, 0.15) is 15.2 Å². The molecule has 1 amide bonds. The minimum Gasteiger partial charge on any atom is -0.465 e. The predicted octanol–water partition coefficient (Wildman–Crippen LogP) is 2.30. The molecule has 0 saturated heterocycles. The number of rotatable bonds is 3. The van der Waals surface area contributed by atoms with Gasteiger partial charge in [0.1, 0.15) is 4.88 Å². The van der Waals surface area contributed by atoms with Gasteiger partial charge in [0, 0.05) is 12.6 Å². The van der Waals surface area contributed by atoms with Gasteiger partial charge >= 0.3 is 12.1 Å². The van der Waals surface area contributed by atoms with Crippen molar-refractivity contribution in [3.8, 4) is 0 Å². The molecule has 1 rings (SSSR count). The van der Waals surface area contributed by atoms with Crippen LogP contribution >= 0.6 is 22.9 Å². The van der Waals surface area contributed by atoms with Gasteiger partial charge in [-0.05, 0) is 5.38 Å². The van der Waals surface area contributed by atoms with Gasteiger partial charge in [-0.25, -0.2) is 9.59 Å². The van der Waals surface area contributed by atoms with Gasteiger partial charge in [0.2, 0.25) is 0 Å². The van der Waals surface area contributed by atoms with E-state index in [1.54, 1.807) is 5.38 Å². The fourth-order valence-corrected chi connectivity index (χ4v) is 2.30. The van der Waals surface area contributed by atoms with E-state index in [9.17, 15) is 9.59 Å². The Morgan fingerprint density at radius 2 is 2.25 bits per heavy atom. The van der Waals surface area contributed by atoms with Crippen LogP contribution in [-0.4, -0.2) is 36.2 Å². The maximum atomic E-state index is 11.2. The number of carboxylic acid groups (broad SMARTS) is 1. The largest absolute Gasteiger partial charge is 0.465 e. The van der Waals surface area contributed by atoms with Crippen LogP contribution in [0.4, 0.5) is 4.79 Å². The average molecular weight is 264 g/mol. The summed E-state index contributed by atoms with van der Waals surface area (Å²) >= 11 is 7.07. The molecule has 7 heteroatoms. The van der Waals surface area contributed by atoms with Crippen molar-refractivity contribution < 1.29 is 19.4 Å². The lowest BCUT2D eigenvalue weighted by molar-refractivity contribution is 0.0606. The number of hydrogen-bond acceptors (Lipinski definition) is 4. The van der Waals surface area contributed by atoms with Gasteiger partial charge in [0.05, 0.1) is 18.7 Å². The smallest absolute Gasteiger partial charge is 0.407 e. The highest BCUT2D eigenvalue weighted by atomic mass is 35.5. The van der Waals surface area contributed by atoms with Gasteiger partial charge in [0.25, 0.3) is 0 Å². The van der Waals surface area contributed by atoms with Crippen molar-refractivity contribution in [2.24, 2.45) is 0 Å². The molecular formula is C9H10ClNO4S. The number of nitrogens with zero attached hydrogens (tertiary/aromatic N) is 1. The summed E-state index contributed by atoms with van der Waals surface area (Å²) in [6, 6.07) is 0. The lowest BCUT2D eigenvalue weighted by atomic mass is 10.3. The van der Waals surface area contributed by atoms with E-state index in [0.717, 1.165) is 16.2 Å². The number of hydrogen-bond donors (Lipinski definition) is 1. The Morgan fingerprint density at radius 3 is 2.75 bits per heavy atom. The molecule has 0 fully saturated rings. The highest BCUT2D eigenvalue weighted by molar-refractivity contribution is 7.12. The van der Waals surface area contributed by atoms with E-state index in [4.69, 9.17) is 16.7 Å². The molecule has 0 aliphatic heterocycles. The molecular weight excluding hydrogens is 254 g/mol. The number of esters is 1. The minimum absolute atomic E-state index is 0.141. The molecule has 1 aromatic heterocycles. The van der Waals surface area contributed by atoms with Crippen LogP contribution in [0.5, 0.6) is 0 Å². The standard InChI is InChI=1S/C9H10ClNO4S/c1-11(9(13)14)3-5-4-16-7(6(5)10)8(12)15-2/h4H,3H2,1-2H3,(H,13,14). The van der Waals surface area contributed by atoms with E-state index in [0.29, 0.717) is 5.56 Å². The van der Waals surface area contributed by atoms with Gasteiger partial charge in [0.15, 0.2) is 0 Å². The quantitative estimate of drug-likeness (QED) is 0.850. The molecule has 0 aromatic carbocycles. The van der Waals surface area contributed by atoms with Crippen LogP contribution in [0.15, 0.2) is 5.38 Å². The second-order valence-electron chi connectivity index (χ2n) is 3.03. The first kappa shape index (κ1) is 12.8.